The number of imidazole rings is 1. The molecule has 0 aliphatic carbocycles. The van der Waals surface area contributed by atoms with Crippen LogP contribution >= 0.6 is 11.6 Å². The highest BCUT2D eigenvalue weighted by Crippen LogP contribution is 2.32. The largest absolute Gasteiger partial charge is 0.494 e. The molecule has 1 saturated heterocycles. The summed E-state index contributed by atoms with van der Waals surface area (Å²) in [5.41, 5.74) is 2.92. The van der Waals surface area contributed by atoms with Gasteiger partial charge in [-0.05, 0) is 43.7 Å². The third kappa shape index (κ3) is 4.19. The van der Waals surface area contributed by atoms with E-state index in [2.05, 4.69) is 25.6 Å². The molecule has 1 aliphatic rings. The molecule has 8 nitrogen and oxygen atoms in total. The molecule has 1 aliphatic heterocycles. The van der Waals surface area contributed by atoms with Gasteiger partial charge in [-0.1, -0.05) is 17.7 Å². The molecular formula is C23H23ClN6O2. The van der Waals surface area contributed by atoms with Gasteiger partial charge in [0.1, 0.15) is 29.4 Å². The SMILES string of the molecule is COc1cc(OC[C@@H]2CCCN2)ccc1Nc1ncc(Cl)c(-c2cnc3ccccn23)n1. The number of ether oxygens (including phenoxy) is 2. The Morgan fingerprint density at radius 1 is 1.22 bits per heavy atom. The number of pyridine rings is 1. The average molecular weight is 451 g/mol. The van der Waals surface area contributed by atoms with E-state index in [1.54, 1.807) is 19.5 Å². The monoisotopic (exact) mass is 450 g/mol. The molecule has 4 heterocycles. The lowest BCUT2D eigenvalue weighted by Gasteiger charge is -2.15. The molecule has 4 aromatic rings. The van der Waals surface area contributed by atoms with Crippen LogP contribution in [0.2, 0.25) is 5.02 Å². The number of aromatic nitrogens is 4. The number of hydrogen-bond donors (Lipinski definition) is 2. The number of anilines is 2. The number of fused-ring (bicyclic) bond motifs is 1. The zero-order valence-corrected chi connectivity index (χ0v) is 18.3. The lowest BCUT2D eigenvalue weighted by molar-refractivity contribution is 0.276. The number of nitrogens with one attached hydrogen (secondary N) is 2. The molecule has 5 rings (SSSR count). The zero-order valence-electron chi connectivity index (χ0n) is 17.6. The van der Waals surface area contributed by atoms with Crippen molar-refractivity contribution in [3.05, 3.63) is 60.0 Å². The summed E-state index contributed by atoms with van der Waals surface area (Å²) >= 11 is 6.42. The van der Waals surface area contributed by atoms with E-state index in [0.29, 0.717) is 35.1 Å². The second kappa shape index (κ2) is 9.02. The van der Waals surface area contributed by atoms with E-state index < -0.39 is 0 Å². The third-order valence-electron chi connectivity index (χ3n) is 5.44. The summed E-state index contributed by atoms with van der Waals surface area (Å²) in [6, 6.07) is 11.9. The predicted molar refractivity (Wildman–Crippen MR) is 124 cm³/mol. The van der Waals surface area contributed by atoms with Crippen molar-refractivity contribution in [1.29, 1.82) is 0 Å². The van der Waals surface area contributed by atoms with Gasteiger partial charge < -0.3 is 20.1 Å². The molecule has 1 fully saturated rings. The van der Waals surface area contributed by atoms with E-state index in [0.717, 1.165) is 35.7 Å². The molecule has 0 unspecified atom stereocenters. The van der Waals surface area contributed by atoms with E-state index in [4.69, 9.17) is 21.1 Å². The normalized spacial score (nSPS) is 15.8. The van der Waals surface area contributed by atoms with Gasteiger partial charge in [0.15, 0.2) is 0 Å². The average Bonchev–Trinajstić information content (AvgIpc) is 3.49. The fraction of sp³-hybridized carbons (Fsp3) is 0.261. The Bertz CT molecular complexity index is 1240. The molecule has 0 spiro atoms. The summed E-state index contributed by atoms with van der Waals surface area (Å²) in [5, 5.41) is 7.09. The third-order valence-corrected chi connectivity index (χ3v) is 5.71. The van der Waals surface area contributed by atoms with Gasteiger partial charge in [0, 0.05) is 18.3 Å². The van der Waals surface area contributed by atoms with Gasteiger partial charge >= 0.3 is 0 Å². The second-order valence-corrected chi connectivity index (χ2v) is 7.96. The highest BCUT2D eigenvalue weighted by Gasteiger charge is 2.16. The van der Waals surface area contributed by atoms with Crippen LogP contribution < -0.4 is 20.1 Å². The van der Waals surface area contributed by atoms with Crippen LogP contribution in [-0.4, -0.2) is 45.7 Å². The maximum atomic E-state index is 6.42. The van der Waals surface area contributed by atoms with Crippen molar-refractivity contribution in [1.82, 2.24) is 24.7 Å². The van der Waals surface area contributed by atoms with Crippen LogP contribution in [0.5, 0.6) is 11.5 Å². The van der Waals surface area contributed by atoms with E-state index in [1.165, 1.54) is 6.42 Å². The Kier molecular flexibility index (Phi) is 5.79. The topological polar surface area (TPSA) is 85.6 Å². The van der Waals surface area contributed by atoms with Crippen molar-refractivity contribution in [3.8, 4) is 22.9 Å². The second-order valence-electron chi connectivity index (χ2n) is 7.55. The minimum atomic E-state index is 0.400. The Morgan fingerprint density at radius 2 is 2.16 bits per heavy atom. The van der Waals surface area contributed by atoms with Crippen LogP contribution in [0.4, 0.5) is 11.6 Å². The predicted octanol–water partition coefficient (Wildman–Crippen LogP) is 4.33. The molecule has 9 heteroatoms. The number of hydrogen-bond acceptors (Lipinski definition) is 7. The van der Waals surface area contributed by atoms with E-state index in [9.17, 15) is 0 Å². The Morgan fingerprint density at radius 3 is 3.00 bits per heavy atom. The summed E-state index contributed by atoms with van der Waals surface area (Å²) in [4.78, 5) is 13.4. The number of methoxy groups -OCH3 is 1. The Labute approximate surface area is 190 Å². The molecule has 0 saturated carbocycles. The number of nitrogens with zero attached hydrogens (tertiary/aromatic N) is 4. The molecule has 0 radical (unpaired) electrons. The van der Waals surface area contributed by atoms with Gasteiger partial charge in [-0.25, -0.2) is 15.0 Å². The quantitative estimate of drug-likeness (QED) is 0.433. The lowest BCUT2D eigenvalue weighted by atomic mass is 10.2. The van der Waals surface area contributed by atoms with Gasteiger partial charge in [-0.3, -0.25) is 4.40 Å². The van der Waals surface area contributed by atoms with E-state index in [-0.39, 0.29) is 0 Å². The molecule has 0 amide bonds. The van der Waals surface area contributed by atoms with Crippen molar-refractivity contribution in [3.63, 3.8) is 0 Å². The first-order valence-corrected chi connectivity index (χ1v) is 10.9. The highest BCUT2D eigenvalue weighted by molar-refractivity contribution is 6.32. The molecule has 3 aromatic heterocycles. The molecule has 1 atom stereocenters. The van der Waals surface area contributed by atoms with E-state index >= 15 is 0 Å². The van der Waals surface area contributed by atoms with Crippen LogP contribution in [0.3, 0.4) is 0 Å². The molecule has 0 bridgehead atoms. The Balaban J connectivity index is 1.38. The first kappa shape index (κ1) is 20.5. The standard InChI is InChI=1S/C23H23ClN6O2/c1-31-20-11-16(32-14-15-5-4-9-25-15)7-8-18(20)28-23-27-12-17(24)22(29-23)19-13-26-21-6-2-3-10-30(19)21/h2-3,6-8,10-13,15,25H,4-5,9,14H2,1H3,(H,27,28,29)/t15-/m0/s1. The van der Waals surface area contributed by atoms with Gasteiger partial charge in [0.05, 0.1) is 35.9 Å². The summed E-state index contributed by atoms with van der Waals surface area (Å²) in [6.45, 7) is 1.69. The van der Waals surface area contributed by atoms with Crippen LogP contribution in [0, 0.1) is 0 Å². The highest BCUT2D eigenvalue weighted by atomic mass is 35.5. The van der Waals surface area contributed by atoms with Crippen LogP contribution in [0.1, 0.15) is 12.8 Å². The van der Waals surface area contributed by atoms with Crippen molar-refractivity contribution in [2.24, 2.45) is 0 Å². The molecule has 164 valence electrons. The molecule has 32 heavy (non-hydrogen) atoms. The first-order valence-electron chi connectivity index (χ1n) is 10.5. The van der Waals surface area contributed by atoms with Crippen molar-refractivity contribution < 1.29 is 9.47 Å². The van der Waals surface area contributed by atoms with Crippen molar-refractivity contribution >= 4 is 28.9 Å². The summed E-state index contributed by atoms with van der Waals surface area (Å²) < 4.78 is 13.4. The Hall–Kier alpha value is -3.36. The van der Waals surface area contributed by atoms with Crippen molar-refractivity contribution in [2.75, 3.05) is 25.6 Å². The van der Waals surface area contributed by atoms with Crippen LogP contribution in [0.25, 0.3) is 17.0 Å². The first-order chi connectivity index (χ1) is 15.7. The number of rotatable bonds is 7. The maximum absolute atomic E-state index is 6.42. The molecule has 1 aromatic carbocycles. The minimum absolute atomic E-state index is 0.400. The number of halogens is 1. The lowest BCUT2D eigenvalue weighted by Crippen LogP contribution is -2.28. The van der Waals surface area contributed by atoms with Crippen LogP contribution in [0.15, 0.2) is 55.0 Å². The van der Waals surface area contributed by atoms with Crippen molar-refractivity contribution in [2.45, 2.75) is 18.9 Å². The van der Waals surface area contributed by atoms with Gasteiger partial charge in [0.2, 0.25) is 5.95 Å². The van der Waals surface area contributed by atoms with Gasteiger partial charge in [-0.2, -0.15) is 0 Å². The number of benzene rings is 1. The zero-order chi connectivity index (χ0) is 21.9. The maximum Gasteiger partial charge on any atom is 0.227 e. The summed E-state index contributed by atoms with van der Waals surface area (Å²) in [5.74, 6) is 1.79. The smallest absolute Gasteiger partial charge is 0.227 e. The van der Waals surface area contributed by atoms with Gasteiger partial charge in [-0.15, -0.1) is 0 Å². The molecule has 2 N–H and O–H groups in total. The molecular weight excluding hydrogens is 428 g/mol. The summed E-state index contributed by atoms with van der Waals surface area (Å²) in [6.07, 6.45) is 7.58. The minimum Gasteiger partial charge on any atom is -0.494 e. The summed E-state index contributed by atoms with van der Waals surface area (Å²) in [7, 11) is 1.62. The van der Waals surface area contributed by atoms with Crippen LogP contribution in [-0.2, 0) is 0 Å². The van der Waals surface area contributed by atoms with E-state index in [1.807, 2.05) is 47.0 Å². The van der Waals surface area contributed by atoms with Gasteiger partial charge in [0.25, 0.3) is 0 Å². The fourth-order valence-corrected chi connectivity index (χ4v) is 3.98. The fourth-order valence-electron chi connectivity index (χ4n) is 3.80.